The number of nitrogens with zero attached hydrogens (tertiary/aromatic N) is 2. The van der Waals surface area contributed by atoms with Crippen LogP contribution in [0, 0.1) is 0 Å². The zero-order valence-corrected chi connectivity index (χ0v) is 10.3. The lowest BCUT2D eigenvalue weighted by Gasteiger charge is -2.03. The van der Waals surface area contributed by atoms with E-state index in [1.165, 1.54) is 5.56 Å². The number of aryl methyl sites for hydroxylation is 2. The van der Waals surface area contributed by atoms with Crippen molar-refractivity contribution < 1.29 is 0 Å². The Morgan fingerprint density at radius 2 is 1.75 bits per heavy atom. The Hall–Kier alpha value is -1.42. The summed E-state index contributed by atoms with van der Waals surface area (Å²) in [7, 11) is 0. The molecule has 0 aliphatic heterocycles. The smallest absolute Gasteiger partial charge is 0.128 e. The third-order valence-corrected chi connectivity index (χ3v) is 3.07. The monoisotopic (exact) mass is 277 g/mol. The van der Waals surface area contributed by atoms with Gasteiger partial charge in [0, 0.05) is 10.9 Å². The fourth-order valence-corrected chi connectivity index (χ4v) is 1.92. The second-order valence-corrected chi connectivity index (χ2v) is 4.38. The highest BCUT2D eigenvalue weighted by atomic mass is 79.9. The highest BCUT2D eigenvalue weighted by Crippen LogP contribution is 2.17. The van der Waals surface area contributed by atoms with Gasteiger partial charge < -0.3 is 5.73 Å². The zero-order valence-electron chi connectivity index (χ0n) is 8.73. The van der Waals surface area contributed by atoms with Gasteiger partial charge in [-0.05, 0) is 18.1 Å². The highest BCUT2D eigenvalue weighted by molar-refractivity contribution is 9.10. The van der Waals surface area contributed by atoms with Crippen molar-refractivity contribution in [1.82, 2.24) is 9.97 Å². The Labute approximate surface area is 103 Å². The largest absolute Gasteiger partial charge is 0.396 e. The second-order valence-electron chi connectivity index (χ2n) is 3.52. The molecule has 16 heavy (non-hydrogen) atoms. The fraction of sp³-hybridized carbons (Fsp3) is 0.167. The van der Waals surface area contributed by atoms with Gasteiger partial charge >= 0.3 is 0 Å². The highest BCUT2D eigenvalue weighted by Gasteiger charge is 2.01. The molecule has 0 unspecified atom stereocenters. The molecule has 0 aliphatic carbocycles. The van der Waals surface area contributed by atoms with Crippen LogP contribution in [0.15, 0.2) is 41.1 Å². The Morgan fingerprint density at radius 3 is 2.44 bits per heavy atom. The minimum atomic E-state index is 0.602. The quantitative estimate of drug-likeness (QED) is 0.938. The van der Waals surface area contributed by atoms with Crippen LogP contribution in [0.1, 0.15) is 11.4 Å². The van der Waals surface area contributed by atoms with E-state index in [2.05, 4.69) is 32.0 Å². The third-order valence-electron chi connectivity index (χ3n) is 2.30. The Balaban J connectivity index is 2.02. The van der Waals surface area contributed by atoms with E-state index in [9.17, 15) is 0 Å². The van der Waals surface area contributed by atoms with Crippen LogP contribution in [-0.4, -0.2) is 9.97 Å². The molecule has 82 valence electrons. The summed E-state index contributed by atoms with van der Waals surface area (Å²) >= 11 is 3.52. The molecule has 0 saturated heterocycles. The summed E-state index contributed by atoms with van der Waals surface area (Å²) in [6.07, 6.45) is 5.03. The van der Waals surface area contributed by atoms with E-state index in [4.69, 9.17) is 5.73 Å². The van der Waals surface area contributed by atoms with Crippen molar-refractivity contribution in [2.75, 3.05) is 5.73 Å². The number of nitrogen functional groups attached to an aromatic ring is 1. The van der Waals surface area contributed by atoms with Crippen LogP contribution in [-0.2, 0) is 12.8 Å². The molecule has 0 spiro atoms. The first-order valence-corrected chi connectivity index (χ1v) is 5.85. The zero-order chi connectivity index (χ0) is 11.4. The van der Waals surface area contributed by atoms with Crippen molar-refractivity contribution >= 4 is 21.6 Å². The molecule has 0 amide bonds. The Kier molecular flexibility index (Phi) is 3.51. The lowest BCUT2D eigenvalue weighted by molar-refractivity contribution is 0.856. The van der Waals surface area contributed by atoms with Gasteiger partial charge in [-0.25, -0.2) is 9.97 Å². The van der Waals surface area contributed by atoms with Crippen molar-refractivity contribution in [3.8, 4) is 0 Å². The van der Waals surface area contributed by atoms with Gasteiger partial charge in [0.1, 0.15) is 5.82 Å². The number of aromatic nitrogens is 2. The predicted molar refractivity (Wildman–Crippen MR) is 68.0 cm³/mol. The molecule has 0 bridgehead atoms. The average molecular weight is 278 g/mol. The minimum absolute atomic E-state index is 0.602. The number of halogens is 1. The molecule has 0 saturated carbocycles. The minimum Gasteiger partial charge on any atom is -0.396 e. The van der Waals surface area contributed by atoms with Crippen molar-refractivity contribution in [2.45, 2.75) is 12.8 Å². The molecular formula is C12H12BrN3. The Morgan fingerprint density at radius 1 is 1.06 bits per heavy atom. The van der Waals surface area contributed by atoms with Gasteiger partial charge in [0.2, 0.25) is 0 Å². The van der Waals surface area contributed by atoms with Crippen LogP contribution < -0.4 is 5.73 Å². The molecule has 0 radical (unpaired) electrons. The maximum absolute atomic E-state index is 5.53. The summed E-state index contributed by atoms with van der Waals surface area (Å²) in [6, 6.07) is 8.18. The summed E-state index contributed by atoms with van der Waals surface area (Å²) in [6.45, 7) is 0. The molecule has 4 heteroatoms. The molecular weight excluding hydrogens is 266 g/mol. The molecule has 2 rings (SSSR count). The van der Waals surface area contributed by atoms with E-state index >= 15 is 0 Å². The topological polar surface area (TPSA) is 51.8 Å². The number of nitrogens with two attached hydrogens (primary N) is 1. The van der Waals surface area contributed by atoms with Crippen LogP contribution in [0.2, 0.25) is 0 Å². The SMILES string of the molecule is Nc1cnc(CCc2ccccc2Br)nc1. The van der Waals surface area contributed by atoms with Gasteiger partial charge in [0.15, 0.2) is 0 Å². The van der Waals surface area contributed by atoms with Crippen LogP contribution in [0.25, 0.3) is 0 Å². The first kappa shape index (κ1) is 11.1. The second kappa shape index (κ2) is 5.07. The van der Waals surface area contributed by atoms with Crippen molar-refractivity contribution in [3.63, 3.8) is 0 Å². The fourth-order valence-electron chi connectivity index (χ4n) is 1.44. The number of benzene rings is 1. The predicted octanol–water partition coefficient (Wildman–Crippen LogP) is 2.61. The summed E-state index contributed by atoms with van der Waals surface area (Å²) in [5.41, 5.74) is 7.39. The number of anilines is 1. The lowest BCUT2D eigenvalue weighted by atomic mass is 10.1. The summed E-state index contributed by atoms with van der Waals surface area (Å²) in [5.74, 6) is 0.824. The van der Waals surface area contributed by atoms with Crippen LogP contribution in [0.4, 0.5) is 5.69 Å². The summed E-state index contributed by atoms with van der Waals surface area (Å²) in [4.78, 5) is 8.34. The molecule has 2 aromatic rings. The van der Waals surface area contributed by atoms with E-state index in [-0.39, 0.29) is 0 Å². The van der Waals surface area contributed by atoms with E-state index in [0.29, 0.717) is 5.69 Å². The molecule has 1 aromatic carbocycles. The molecule has 3 nitrogen and oxygen atoms in total. The van der Waals surface area contributed by atoms with Gasteiger partial charge in [0.25, 0.3) is 0 Å². The van der Waals surface area contributed by atoms with E-state index in [0.717, 1.165) is 23.1 Å². The van der Waals surface area contributed by atoms with Crippen molar-refractivity contribution in [1.29, 1.82) is 0 Å². The molecule has 0 aliphatic rings. The number of rotatable bonds is 3. The van der Waals surface area contributed by atoms with Gasteiger partial charge in [-0.1, -0.05) is 34.1 Å². The van der Waals surface area contributed by atoms with Gasteiger partial charge in [0.05, 0.1) is 18.1 Å². The molecule has 0 fully saturated rings. The first-order chi connectivity index (χ1) is 7.75. The molecule has 2 N–H and O–H groups in total. The average Bonchev–Trinajstić information content (AvgIpc) is 2.30. The van der Waals surface area contributed by atoms with Crippen LogP contribution in [0.3, 0.4) is 0 Å². The van der Waals surface area contributed by atoms with Crippen molar-refractivity contribution in [3.05, 3.63) is 52.5 Å². The summed E-state index contributed by atoms with van der Waals surface area (Å²) < 4.78 is 1.13. The van der Waals surface area contributed by atoms with Crippen molar-refractivity contribution in [2.24, 2.45) is 0 Å². The third kappa shape index (κ3) is 2.79. The number of hydrogen-bond acceptors (Lipinski definition) is 3. The maximum atomic E-state index is 5.53. The maximum Gasteiger partial charge on any atom is 0.128 e. The number of hydrogen-bond donors (Lipinski definition) is 1. The molecule has 0 atom stereocenters. The van der Waals surface area contributed by atoms with E-state index in [1.54, 1.807) is 12.4 Å². The standard InChI is InChI=1S/C12H12BrN3/c13-11-4-2-1-3-9(11)5-6-12-15-7-10(14)8-16-12/h1-4,7-8H,5-6,14H2. The normalized spacial score (nSPS) is 10.3. The molecule has 1 aromatic heterocycles. The van der Waals surface area contributed by atoms with E-state index < -0.39 is 0 Å². The lowest BCUT2D eigenvalue weighted by Crippen LogP contribution is -1.99. The van der Waals surface area contributed by atoms with Crippen LogP contribution >= 0.6 is 15.9 Å². The van der Waals surface area contributed by atoms with E-state index in [1.807, 2.05) is 18.2 Å². The van der Waals surface area contributed by atoms with Gasteiger partial charge in [-0.2, -0.15) is 0 Å². The summed E-state index contributed by atoms with van der Waals surface area (Å²) in [5, 5.41) is 0. The molecule has 1 heterocycles. The van der Waals surface area contributed by atoms with Gasteiger partial charge in [-0.3, -0.25) is 0 Å². The first-order valence-electron chi connectivity index (χ1n) is 5.05. The van der Waals surface area contributed by atoms with Crippen LogP contribution in [0.5, 0.6) is 0 Å². The Bertz CT molecular complexity index is 468. The van der Waals surface area contributed by atoms with Gasteiger partial charge in [-0.15, -0.1) is 0 Å².